The van der Waals surface area contributed by atoms with E-state index in [1.165, 1.54) is 5.56 Å². The maximum atomic E-state index is 8.94. The van der Waals surface area contributed by atoms with Crippen molar-refractivity contribution in [1.29, 1.82) is 0 Å². The second-order valence-corrected chi connectivity index (χ2v) is 6.02. The molecule has 0 aliphatic heterocycles. The monoisotopic (exact) mass is 234 g/mol. The third-order valence-electron chi connectivity index (χ3n) is 3.49. The smallest absolute Gasteiger partial charge is 0.119 e. The number of ether oxygens (including phenoxy) is 1. The van der Waals surface area contributed by atoms with E-state index >= 15 is 0 Å². The molecular formula is C15H22O2. The van der Waals surface area contributed by atoms with Gasteiger partial charge in [-0.2, -0.15) is 0 Å². The Labute approximate surface area is 104 Å². The molecule has 0 saturated heterocycles. The summed E-state index contributed by atoms with van der Waals surface area (Å²) >= 11 is 0. The summed E-state index contributed by atoms with van der Waals surface area (Å²) in [4.78, 5) is 0. The van der Waals surface area contributed by atoms with Crippen LogP contribution in [0.1, 0.15) is 32.8 Å². The minimum Gasteiger partial charge on any atom is -0.493 e. The predicted molar refractivity (Wildman–Crippen MR) is 69.3 cm³/mol. The van der Waals surface area contributed by atoms with Crippen molar-refractivity contribution in [2.45, 2.75) is 32.6 Å². The molecule has 2 unspecified atom stereocenters. The van der Waals surface area contributed by atoms with Crippen LogP contribution >= 0.6 is 0 Å². The molecule has 0 heterocycles. The molecule has 1 saturated carbocycles. The van der Waals surface area contributed by atoms with E-state index < -0.39 is 0 Å². The molecule has 94 valence electrons. The predicted octanol–water partition coefficient (Wildman–Crippen LogP) is 2.99. The number of aliphatic hydroxyl groups is 1. The number of benzene rings is 1. The molecule has 1 fully saturated rings. The molecule has 1 aliphatic rings. The Bertz CT molecular complexity index is 362. The molecule has 2 atom stereocenters. The SMILES string of the molecule is CC(C)(C)c1ccc(OCC2CC2CO)cc1. The van der Waals surface area contributed by atoms with Crippen LogP contribution in [0.2, 0.25) is 0 Å². The first-order valence-corrected chi connectivity index (χ1v) is 6.35. The van der Waals surface area contributed by atoms with Crippen molar-refractivity contribution in [3.63, 3.8) is 0 Å². The molecule has 2 rings (SSSR count). The van der Waals surface area contributed by atoms with Crippen LogP contribution in [0.15, 0.2) is 24.3 Å². The molecule has 17 heavy (non-hydrogen) atoms. The molecule has 1 N–H and O–H groups in total. The van der Waals surface area contributed by atoms with Crippen LogP contribution in [-0.2, 0) is 5.41 Å². The van der Waals surface area contributed by atoms with Gasteiger partial charge in [-0.15, -0.1) is 0 Å². The highest BCUT2D eigenvalue weighted by Crippen LogP contribution is 2.38. The fourth-order valence-electron chi connectivity index (χ4n) is 1.99. The largest absolute Gasteiger partial charge is 0.493 e. The van der Waals surface area contributed by atoms with Crippen LogP contribution < -0.4 is 4.74 Å². The molecule has 0 spiro atoms. The van der Waals surface area contributed by atoms with E-state index in [2.05, 4.69) is 32.9 Å². The van der Waals surface area contributed by atoms with Gasteiger partial charge in [-0.3, -0.25) is 0 Å². The second-order valence-electron chi connectivity index (χ2n) is 6.02. The van der Waals surface area contributed by atoms with Crippen molar-refractivity contribution in [1.82, 2.24) is 0 Å². The maximum absolute atomic E-state index is 8.94. The summed E-state index contributed by atoms with van der Waals surface area (Å²) in [6.07, 6.45) is 1.11. The summed E-state index contributed by atoms with van der Waals surface area (Å²) in [5, 5.41) is 8.94. The average molecular weight is 234 g/mol. The van der Waals surface area contributed by atoms with E-state index in [1.54, 1.807) is 0 Å². The molecule has 1 aromatic carbocycles. The van der Waals surface area contributed by atoms with E-state index in [1.807, 2.05) is 12.1 Å². The minimum atomic E-state index is 0.191. The molecular weight excluding hydrogens is 212 g/mol. The highest BCUT2D eigenvalue weighted by Gasteiger charge is 2.36. The quantitative estimate of drug-likeness (QED) is 0.867. The van der Waals surface area contributed by atoms with Crippen molar-refractivity contribution in [3.8, 4) is 5.75 Å². The summed E-state index contributed by atoms with van der Waals surface area (Å²) in [6.45, 7) is 7.66. The molecule has 2 nitrogen and oxygen atoms in total. The van der Waals surface area contributed by atoms with Gasteiger partial charge >= 0.3 is 0 Å². The average Bonchev–Trinajstić information content (AvgIpc) is 3.04. The van der Waals surface area contributed by atoms with Crippen LogP contribution in [0.25, 0.3) is 0 Å². The van der Waals surface area contributed by atoms with Crippen LogP contribution in [0.4, 0.5) is 0 Å². The highest BCUT2D eigenvalue weighted by atomic mass is 16.5. The lowest BCUT2D eigenvalue weighted by atomic mass is 9.87. The van der Waals surface area contributed by atoms with Gasteiger partial charge in [0, 0.05) is 6.61 Å². The number of hydrogen-bond acceptors (Lipinski definition) is 2. The first kappa shape index (κ1) is 12.4. The summed E-state index contributed by atoms with van der Waals surface area (Å²) in [6, 6.07) is 8.34. The molecule has 1 aliphatic carbocycles. The lowest BCUT2D eigenvalue weighted by Gasteiger charge is -2.19. The van der Waals surface area contributed by atoms with Crippen LogP contribution in [0, 0.1) is 11.8 Å². The molecule has 1 aromatic rings. The Balaban J connectivity index is 1.86. The first-order valence-electron chi connectivity index (χ1n) is 6.35. The minimum absolute atomic E-state index is 0.191. The van der Waals surface area contributed by atoms with Gasteiger partial charge in [-0.25, -0.2) is 0 Å². The lowest BCUT2D eigenvalue weighted by molar-refractivity contribution is 0.243. The Hall–Kier alpha value is -1.02. The molecule has 0 aromatic heterocycles. The van der Waals surface area contributed by atoms with E-state index in [9.17, 15) is 0 Å². The van der Waals surface area contributed by atoms with E-state index in [0.29, 0.717) is 18.4 Å². The van der Waals surface area contributed by atoms with Gasteiger partial charge in [0.1, 0.15) is 5.75 Å². The van der Waals surface area contributed by atoms with Crippen molar-refractivity contribution >= 4 is 0 Å². The molecule has 2 heteroatoms. The molecule has 0 bridgehead atoms. The molecule has 0 radical (unpaired) electrons. The van der Waals surface area contributed by atoms with E-state index in [-0.39, 0.29) is 5.41 Å². The lowest BCUT2D eigenvalue weighted by Crippen LogP contribution is -2.10. The normalized spacial score (nSPS) is 23.5. The Morgan fingerprint density at radius 3 is 2.29 bits per heavy atom. The topological polar surface area (TPSA) is 29.5 Å². The van der Waals surface area contributed by atoms with Gasteiger partial charge in [0.25, 0.3) is 0 Å². The van der Waals surface area contributed by atoms with Crippen LogP contribution in [0.5, 0.6) is 5.75 Å². The van der Waals surface area contributed by atoms with Gasteiger partial charge in [0.15, 0.2) is 0 Å². The number of aliphatic hydroxyl groups excluding tert-OH is 1. The Kier molecular flexibility index (Phi) is 3.43. The fourth-order valence-corrected chi connectivity index (χ4v) is 1.99. The molecule has 0 amide bonds. The summed E-state index contributed by atoms with van der Waals surface area (Å²) in [5.74, 6) is 1.97. The zero-order chi connectivity index (χ0) is 12.5. The van der Waals surface area contributed by atoms with Gasteiger partial charge in [0.05, 0.1) is 6.61 Å². The van der Waals surface area contributed by atoms with Crippen LogP contribution in [0.3, 0.4) is 0 Å². The second kappa shape index (κ2) is 4.69. The zero-order valence-electron chi connectivity index (χ0n) is 10.9. The summed E-state index contributed by atoms with van der Waals surface area (Å²) in [5.41, 5.74) is 1.52. The van der Waals surface area contributed by atoms with Crippen molar-refractivity contribution in [3.05, 3.63) is 29.8 Å². The highest BCUT2D eigenvalue weighted by molar-refractivity contribution is 5.31. The van der Waals surface area contributed by atoms with Gasteiger partial charge in [-0.1, -0.05) is 32.9 Å². The fraction of sp³-hybridized carbons (Fsp3) is 0.600. The van der Waals surface area contributed by atoms with Gasteiger partial charge in [0.2, 0.25) is 0 Å². The standard InChI is InChI=1S/C15H22O2/c1-15(2,3)13-4-6-14(7-5-13)17-10-12-8-11(12)9-16/h4-7,11-12,16H,8-10H2,1-3H3. The Morgan fingerprint density at radius 1 is 1.18 bits per heavy atom. The summed E-state index contributed by atoms with van der Waals surface area (Å²) in [7, 11) is 0. The first-order chi connectivity index (χ1) is 8.00. The zero-order valence-corrected chi connectivity index (χ0v) is 10.9. The van der Waals surface area contributed by atoms with E-state index in [4.69, 9.17) is 9.84 Å². The van der Waals surface area contributed by atoms with Crippen molar-refractivity contribution in [2.75, 3.05) is 13.2 Å². The summed E-state index contributed by atoms with van der Waals surface area (Å²) < 4.78 is 5.72. The van der Waals surface area contributed by atoms with Gasteiger partial charge in [-0.05, 0) is 41.4 Å². The third kappa shape index (κ3) is 3.22. The number of hydrogen-bond donors (Lipinski definition) is 1. The maximum Gasteiger partial charge on any atom is 0.119 e. The Morgan fingerprint density at radius 2 is 1.82 bits per heavy atom. The van der Waals surface area contributed by atoms with Crippen molar-refractivity contribution < 1.29 is 9.84 Å². The van der Waals surface area contributed by atoms with Gasteiger partial charge < -0.3 is 9.84 Å². The van der Waals surface area contributed by atoms with Crippen molar-refractivity contribution in [2.24, 2.45) is 11.8 Å². The third-order valence-corrected chi connectivity index (χ3v) is 3.49. The number of rotatable bonds is 4. The van der Waals surface area contributed by atoms with E-state index in [0.717, 1.165) is 18.8 Å². The van der Waals surface area contributed by atoms with Crippen LogP contribution in [-0.4, -0.2) is 18.3 Å².